The highest BCUT2D eigenvalue weighted by Gasteiger charge is 2.24. The van der Waals surface area contributed by atoms with E-state index in [1.165, 1.54) is 12.1 Å². The Labute approximate surface area is 155 Å². The summed E-state index contributed by atoms with van der Waals surface area (Å²) in [5, 5.41) is 5.75. The fourth-order valence-corrected chi connectivity index (χ4v) is 4.37. The Morgan fingerprint density at radius 3 is 2.77 bits per heavy atom. The Morgan fingerprint density at radius 1 is 1.23 bits per heavy atom. The molecule has 1 unspecified atom stereocenters. The van der Waals surface area contributed by atoms with Gasteiger partial charge in [-0.15, -0.1) is 11.8 Å². The topological polar surface area (TPSA) is 61.4 Å². The molecule has 2 heterocycles. The Balaban J connectivity index is 1.49. The lowest BCUT2D eigenvalue weighted by atomic mass is 10.0. The molecule has 3 amide bonds. The lowest BCUT2D eigenvalue weighted by molar-refractivity contribution is 0.0935. The zero-order valence-electron chi connectivity index (χ0n) is 14.0. The molecule has 0 radical (unpaired) electrons. The van der Waals surface area contributed by atoms with Crippen LogP contribution in [0.15, 0.2) is 47.4 Å². The van der Waals surface area contributed by atoms with Crippen molar-refractivity contribution >= 4 is 29.4 Å². The SMILES string of the molecule is O=C(NC1CCSc2ccc(F)cc21)c1ccc(N2CCNC2=O)cc1. The van der Waals surface area contributed by atoms with Gasteiger partial charge in [-0.25, -0.2) is 9.18 Å². The van der Waals surface area contributed by atoms with Crippen LogP contribution in [0.3, 0.4) is 0 Å². The number of benzene rings is 2. The molecule has 0 spiro atoms. The number of carbonyl (C=O) groups excluding carboxylic acids is 2. The van der Waals surface area contributed by atoms with Gasteiger partial charge in [0.2, 0.25) is 0 Å². The second-order valence-electron chi connectivity index (χ2n) is 6.28. The van der Waals surface area contributed by atoms with Crippen LogP contribution in [-0.4, -0.2) is 30.8 Å². The predicted molar refractivity (Wildman–Crippen MR) is 99.1 cm³/mol. The van der Waals surface area contributed by atoms with Gasteiger partial charge in [0.15, 0.2) is 0 Å². The summed E-state index contributed by atoms with van der Waals surface area (Å²) in [6.07, 6.45) is 0.763. The van der Waals surface area contributed by atoms with Crippen LogP contribution in [0.2, 0.25) is 0 Å². The van der Waals surface area contributed by atoms with Crippen molar-refractivity contribution in [3.05, 3.63) is 59.4 Å². The van der Waals surface area contributed by atoms with Gasteiger partial charge in [0.25, 0.3) is 5.91 Å². The van der Waals surface area contributed by atoms with Gasteiger partial charge in [0.1, 0.15) is 5.82 Å². The molecular weight excluding hydrogens is 353 g/mol. The van der Waals surface area contributed by atoms with Gasteiger partial charge in [-0.3, -0.25) is 9.69 Å². The van der Waals surface area contributed by atoms with Crippen LogP contribution >= 0.6 is 11.8 Å². The molecule has 4 rings (SSSR count). The van der Waals surface area contributed by atoms with E-state index in [1.54, 1.807) is 47.0 Å². The number of hydrogen-bond acceptors (Lipinski definition) is 3. The largest absolute Gasteiger partial charge is 0.345 e. The first-order valence-corrected chi connectivity index (χ1v) is 9.49. The molecule has 5 nitrogen and oxygen atoms in total. The summed E-state index contributed by atoms with van der Waals surface area (Å²) < 4.78 is 13.6. The molecule has 2 aromatic carbocycles. The second-order valence-corrected chi connectivity index (χ2v) is 7.41. The number of nitrogens with zero attached hydrogens (tertiary/aromatic N) is 1. The van der Waals surface area contributed by atoms with Gasteiger partial charge in [0.05, 0.1) is 6.04 Å². The van der Waals surface area contributed by atoms with Gasteiger partial charge < -0.3 is 10.6 Å². The van der Waals surface area contributed by atoms with Crippen LogP contribution in [0.1, 0.15) is 28.4 Å². The van der Waals surface area contributed by atoms with E-state index < -0.39 is 0 Å². The Hall–Kier alpha value is -2.54. The predicted octanol–water partition coefficient (Wildman–Crippen LogP) is 3.32. The number of halogens is 1. The molecule has 0 bridgehead atoms. The molecule has 1 fully saturated rings. The first kappa shape index (κ1) is 16.9. The van der Waals surface area contributed by atoms with E-state index in [1.807, 2.05) is 0 Å². The quantitative estimate of drug-likeness (QED) is 0.870. The van der Waals surface area contributed by atoms with Crippen LogP contribution < -0.4 is 15.5 Å². The molecule has 134 valence electrons. The van der Waals surface area contributed by atoms with Crippen molar-refractivity contribution in [1.82, 2.24) is 10.6 Å². The summed E-state index contributed by atoms with van der Waals surface area (Å²) in [5.74, 6) is 0.389. The Morgan fingerprint density at radius 2 is 2.04 bits per heavy atom. The smallest absolute Gasteiger partial charge is 0.321 e. The van der Waals surface area contributed by atoms with E-state index in [9.17, 15) is 14.0 Å². The molecule has 0 saturated carbocycles. The van der Waals surface area contributed by atoms with Crippen molar-refractivity contribution in [3.8, 4) is 0 Å². The third kappa shape index (κ3) is 3.26. The molecule has 26 heavy (non-hydrogen) atoms. The molecule has 0 aliphatic carbocycles. The number of nitrogens with one attached hydrogen (secondary N) is 2. The number of hydrogen-bond donors (Lipinski definition) is 2. The number of amides is 3. The van der Waals surface area contributed by atoms with E-state index in [-0.39, 0.29) is 23.8 Å². The molecule has 1 saturated heterocycles. The maximum Gasteiger partial charge on any atom is 0.321 e. The van der Waals surface area contributed by atoms with Crippen LogP contribution in [-0.2, 0) is 0 Å². The van der Waals surface area contributed by atoms with Crippen LogP contribution in [0.4, 0.5) is 14.9 Å². The molecular formula is C19H18FN3O2S. The summed E-state index contributed by atoms with van der Waals surface area (Å²) in [5.41, 5.74) is 2.11. The van der Waals surface area contributed by atoms with Crippen LogP contribution in [0, 0.1) is 5.82 Å². The van der Waals surface area contributed by atoms with Gasteiger partial charge in [0, 0.05) is 35.0 Å². The normalized spacial score (nSPS) is 19.0. The van der Waals surface area contributed by atoms with Crippen molar-refractivity contribution in [2.24, 2.45) is 0 Å². The molecule has 2 aliphatic heterocycles. The highest BCUT2D eigenvalue weighted by Crippen LogP contribution is 2.36. The zero-order chi connectivity index (χ0) is 18.1. The highest BCUT2D eigenvalue weighted by atomic mass is 32.2. The maximum atomic E-state index is 13.6. The van der Waals surface area contributed by atoms with Crippen molar-refractivity contribution < 1.29 is 14.0 Å². The zero-order valence-corrected chi connectivity index (χ0v) is 14.8. The van der Waals surface area contributed by atoms with Crippen LogP contribution in [0.25, 0.3) is 0 Å². The maximum absolute atomic E-state index is 13.6. The second kappa shape index (κ2) is 6.99. The van der Waals surface area contributed by atoms with E-state index in [4.69, 9.17) is 0 Å². The number of fused-ring (bicyclic) bond motifs is 1. The molecule has 2 aliphatic rings. The average molecular weight is 371 g/mol. The summed E-state index contributed by atoms with van der Waals surface area (Å²) >= 11 is 1.68. The Bertz CT molecular complexity index is 856. The molecule has 0 aromatic heterocycles. The average Bonchev–Trinajstić information content (AvgIpc) is 3.08. The van der Waals surface area contributed by atoms with Crippen molar-refractivity contribution in [2.75, 3.05) is 23.7 Å². The summed E-state index contributed by atoms with van der Waals surface area (Å²) in [6.45, 7) is 1.24. The summed E-state index contributed by atoms with van der Waals surface area (Å²) in [6, 6.07) is 11.3. The lowest BCUT2D eigenvalue weighted by Crippen LogP contribution is -2.31. The number of rotatable bonds is 3. The van der Waals surface area contributed by atoms with Crippen molar-refractivity contribution in [2.45, 2.75) is 17.4 Å². The first-order chi connectivity index (χ1) is 12.6. The van der Waals surface area contributed by atoms with E-state index in [0.29, 0.717) is 18.7 Å². The monoisotopic (exact) mass is 371 g/mol. The van der Waals surface area contributed by atoms with Crippen molar-refractivity contribution in [1.29, 1.82) is 0 Å². The fraction of sp³-hybridized carbons (Fsp3) is 0.263. The minimum Gasteiger partial charge on any atom is -0.345 e. The summed E-state index contributed by atoms with van der Waals surface area (Å²) in [4.78, 5) is 27.0. The van der Waals surface area contributed by atoms with E-state index in [2.05, 4.69) is 10.6 Å². The molecule has 7 heteroatoms. The van der Waals surface area contributed by atoms with Gasteiger partial charge >= 0.3 is 6.03 Å². The van der Waals surface area contributed by atoms with Gasteiger partial charge in [-0.1, -0.05) is 0 Å². The minimum atomic E-state index is -0.293. The lowest BCUT2D eigenvalue weighted by Gasteiger charge is -2.26. The Kier molecular flexibility index (Phi) is 4.55. The fourth-order valence-electron chi connectivity index (χ4n) is 3.27. The highest BCUT2D eigenvalue weighted by molar-refractivity contribution is 7.99. The molecule has 1 atom stereocenters. The first-order valence-electron chi connectivity index (χ1n) is 8.50. The number of urea groups is 1. The third-order valence-corrected chi connectivity index (χ3v) is 5.74. The van der Waals surface area contributed by atoms with Gasteiger partial charge in [-0.2, -0.15) is 0 Å². The number of thioether (sulfide) groups is 1. The summed E-state index contributed by atoms with van der Waals surface area (Å²) in [7, 11) is 0. The molecule has 2 aromatic rings. The number of anilines is 1. The minimum absolute atomic E-state index is 0.124. The standard InChI is InChI=1S/C19H18FN3O2S/c20-13-3-6-17-15(11-13)16(7-10-26-17)22-18(24)12-1-4-14(5-2-12)23-9-8-21-19(23)25/h1-6,11,16H,7-10H2,(H,21,25)(H,22,24). The van der Waals surface area contributed by atoms with E-state index in [0.717, 1.165) is 28.3 Å². The van der Waals surface area contributed by atoms with Crippen molar-refractivity contribution in [3.63, 3.8) is 0 Å². The third-order valence-electron chi connectivity index (χ3n) is 4.61. The number of carbonyl (C=O) groups is 2. The van der Waals surface area contributed by atoms with E-state index >= 15 is 0 Å². The molecule has 2 N–H and O–H groups in total. The van der Waals surface area contributed by atoms with Gasteiger partial charge in [-0.05, 0) is 54.4 Å². The van der Waals surface area contributed by atoms with Crippen LogP contribution in [0.5, 0.6) is 0 Å².